The van der Waals surface area contributed by atoms with E-state index in [1.807, 2.05) is 18.4 Å². The van der Waals surface area contributed by atoms with E-state index in [1.54, 1.807) is 12.1 Å². The summed E-state index contributed by atoms with van der Waals surface area (Å²) in [7, 11) is -3.53. The fraction of sp³-hybridized carbons (Fsp3) is 0.300. The molecule has 1 saturated heterocycles. The highest BCUT2D eigenvalue weighted by atomic mass is 32.2. The molecule has 1 N–H and O–H groups in total. The van der Waals surface area contributed by atoms with Crippen LogP contribution in [0.3, 0.4) is 0 Å². The number of hydrogen-bond donors (Lipinski definition) is 1. The van der Waals surface area contributed by atoms with Gasteiger partial charge in [0.15, 0.2) is 6.61 Å². The highest BCUT2D eigenvalue weighted by Crippen LogP contribution is 2.24. The molecule has 9 heteroatoms. The Morgan fingerprint density at radius 1 is 1.07 bits per heavy atom. The summed E-state index contributed by atoms with van der Waals surface area (Å²) in [6.45, 7) is 0.594. The van der Waals surface area contributed by atoms with Crippen LogP contribution >= 0.6 is 11.8 Å². The first kappa shape index (κ1) is 21.4. The van der Waals surface area contributed by atoms with Crippen LogP contribution in [0.25, 0.3) is 0 Å². The molecule has 0 unspecified atom stereocenters. The first-order valence-electron chi connectivity index (χ1n) is 9.12. The number of sulfonamides is 1. The number of amides is 1. The lowest BCUT2D eigenvalue weighted by molar-refractivity contribution is -0.119. The predicted octanol–water partition coefficient (Wildman–Crippen LogP) is 2.99. The molecule has 1 amide bonds. The molecular formula is C20H22N2O5S2. The number of carbonyl (C=O) groups is 2. The van der Waals surface area contributed by atoms with E-state index in [0.717, 1.165) is 17.7 Å². The second-order valence-electron chi connectivity index (χ2n) is 6.46. The number of hydrogen-bond acceptors (Lipinski definition) is 6. The summed E-state index contributed by atoms with van der Waals surface area (Å²) >= 11 is 1.50. The number of para-hydroxylation sites is 1. The third kappa shape index (κ3) is 5.17. The molecule has 0 radical (unpaired) electrons. The summed E-state index contributed by atoms with van der Waals surface area (Å²) in [5, 5.41) is 2.71. The summed E-state index contributed by atoms with van der Waals surface area (Å²) in [5.74, 6) is -1.14. The van der Waals surface area contributed by atoms with Crippen molar-refractivity contribution in [1.82, 2.24) is 4.31 Å². The number of nitrogens with zero attached hydrogens (tertiary/aromatic N) is 1. The summed E-state index contributed by atoms with van der Waals surface area (Å²) in [6.07, 6.45) is 3.61. The minimum atomic E-state index is -3.53. The lowest BCUT2D eigenvalue weighted by atomic mass is 10.2. The van der Waals surface area contributed by atoms with Crippen LogP contribution < -0.4 is 5.32 Å². The third-order valence-electron chi connectivity index (χ3n) is 4.51. The van der Waals surface area contributed by atoms with Crippen LogP contribution in [0.2, 0.25) is 0 Å². The van der Waals surface area contributed by atoms with Gasteiger partial charge in [-0.05, 0) is 55.5 Å². The van der Waals surface area contributed by atoms with E-state index in [-0.39, 0.29) is 10.5 Å². The quantitative estimate of drug-likeness (QED) is 0.532. The van der Waals surface area contributed by atoms with Crippen molar-refractivity contribution in [2.75, 3.05) is 31.3 Å². The largest absolute Gasteiger partial charge is 0.452 e. The molecule has 0 saturated carbocycles. The molecular weight excluding hydrogens is 412 g/mol. The average Bonchev–Trinajstić information content (AvgIpc) is 3.28. The molecule has 3 rings (SSSR count). The summed E-state index contributed by atoms with van der Waals surface area (Å²) in [4.78, 5) is 25.3. The smallest absolute Gasteiger partial charge is 0.338 e. The summed E-state index contributed by atoms with van der Waals surface area (Å²) < 4.78 is 31.5. The van der Waals surface area contributed by atoms with Crippen molar-refractivity contribution in [3.05, 3.63) is 54.1 Å². The van der Waals surface area contributed by atoms with Crippen LogP contribution in [0.1, 0.15) is 23.2 Å². The van der Waals surface area contributed by atoms with Crippen molar-refractivity contribution in [1.29, 1.82) is 0 Å². The Bertz CT molecular complexity index is 984. The Labute approximate surface area is 174 Å². The summed E-state index contributed by atoms with van der Waals surface area (Å²) in [6, 6.07) is 12.9. The van der Waals surface area contributed by atoms with Crippen molar-refractivity contribution in [2.45, 2.75) is 22.6 Å². The molecule has 1 fully saturated rings. The maximum Gasteiger partial charge on any atom is 0.338 e. The predicted molar refractivity (Wildman–Crippen MR) is 112 cm³/mol. The first-order chi connectivity index (χ1) is 13.9. The average molecular weight is 435 g/mol. The van der Waals surface area contributed by atoms with Gasteiger partial charge in [0.05, 0.1) is 16.1 Å². The molecule has 1 heterocycles. The standard InChI is InChI=1S/C20H22N2O5S2/c1-28-18-7-3-2-6-17(18)21-19(23)14-27-20(24)15-8-10-16(11-9-15)29(25,26)22-12-4-5-13-22/h2-3,6-11H,4-5,12-14H2,1H3,(H,21,23). The van der Waals surface area contributed by atoms with Gasteiger partial charge in [-0.15, -0.1) is 11.8 Å². The molecule has 0 aliphatic carbocycles. The molecule has 0 atom stereocenters. The second kappa shape index (κ2) is 9.43. The maximum absolute atomic E-state index is 12.5. The Morgan fingerprint density at radius 2 is 1.72 bits per heavy atom. The number of anilines is 1. The number of ether oxygens (including phenoxy) is 1. The van der Waals surface area contributed by atoms with Crippen molar-refractivity contribution < 1.29 is 22.7 Å². The zero-order valence-corrected chi connectivity index (χ0v) is 17.6. The Hall–Kier alpha value is -2.36. The minimum Gasteiger partial charge on any atom is -0.452 e. The first-order valence-corrected chi connectivity index (χ1v) is 11.8. The van der Waals surface area contributed by atoms with Crippen LogP contribution in [0.15, 0.2) is 58.3 Å². The Morgan fingerprint density at radius 3 is 2.38 bits per heavy atom. The fourth-order valence-corrected chi connectivity index (χ4v) is 5.06. The normalized spacial score (nSPS) is 14.5. The highest BCUT2D eigenvalue weighted by molar-refractivity contribution is 7.98. The number of nitrogens with one attached hydrogen (secondary N) is 1. The van der Waals surface area contributed by atoms with Gasteiger partial charge in [-0.3, -0.25) is 4.79 Å². The molecule has 154 valence electrons. The molecule has 1 aliphatic heterocycles. The van der Waals surface area contributed by atoms with Crippen molar-refractivity contribution in [3.8, 4) is 0 Å². The van der Waals surface area contributed by atoms with Gasteiger partial charge in [-0.2, -0.15) is 4.31 Å². The Kier molecular flexibility index (Phi) is 6.94. The lowest BCUT2D eigenvalue weighted by Gasteiger charge is -2.15. The van der Waals surface area contributed by atoms with Crippen LogP contribution in [-0.2, 0) is 19.6 Å². The van der Waals surface area contributed by atoms with Gasteiger partial charge >= 0.3 is 5.97 Å². The van der Waals surface area contributed by atoms with Crippen molar-refractivity contribution in [2.24, 2.45) is 0 Å². The van der Waals surface area contributed by atoms with E-state index in [1.165, 1.54) is 40.3 Å². The van der Waals surface area contributed by atoms with Gasteiger partial charge in [-0.25, -0.2) is 13.2 Å². The number of rotatable bonds is 7. The third-order valence-corrected chi connectivity index (χ3v) is 7.22. The van der Waals surface area contributed by atoms with E-state index in [0.29, 0.717) is 18.8 Å². The van der Waals surface area contributed by atoms with Gasteiger partial charge in [0.25, 0.3) is 5.91 Å². The van der Waals surface area contributed by atoms with Crippen LogP contribution in [-0.4, -0.2) is 50.6 Å². The van der Waals surface area contributed by atoms with Crippen LogP contribution in [0.5, 0.6) is 0 Å². The summed E-state index contributed by atoms with van der Waals surface area (Å²) in [5.41, 5.74) is 0.834. The van der Waals surface area contributed by atoms with Gasteiger partial charge in [0.1, 0.15) is 0 Å². The zero-order valence-electron chi connectivity index (χ0n) is 16.0. The van der Waals surface area contributed by atoms with Crippen LogP contribution in [0.4, 0.5) is 5.69 Å². The van der Waals surface area contributed by atoms with Gasteiger partial charge in [0, 0.05) is 18.0 Å². The maximum atomic E-state index is 12.5. The van der Waals surface area contributed by atoms with Crippen molar-refractivity contribution >= 4 is 39.3 Å². The Balaban J connectivity index is 1.57. The molecule has 29 heavy (non-hydrogen) atoms. The molecule has 0 spiro atoms. The molecule has 0 aromatic heterocycles. The van der Waals surface area contributed by atoms with E-state index in [9.17, 15) is 18.0 Å². The van der Waals surface area contributed by atoms with Gasteiger partial charge in [0.2, 0.25) is 10.0 Å². The lowest BCUT2D eigenvalue weighted by Crippen LogP contribution is -2.27. The second-order valence-corrected chi connectivity index (χ2v) is 9.25. The van der Waals surface area contributed by atoms with E-state index < -0.39 is 28.5 Å². The SMILES string of the molecule is CSc1ccccc1NC(=O)COC(=O)c1ccc(S(=O)(=O)N2CCCC2)cc1. The van der Waals surface area contributed by atoms with E-state index in [2.05, 4.69) is 5.32 Å². The topological polar surface area (TPSA) is 92.8 Å². The number of carbonyl (C=O) groups excluding carboxylic acids is 2. The fourth-order valence-electron chi connectivity index (χ4n) is 2.99. The van der Waals surface area contributed by atoms with E-state index >= 15 is 0 Å². The van der Waals surface area contributed by atoms with Gasteiger partial charge in [-0.1, -0.05) is 12.1 Å². The number of thioether (sulfide) groups is 1. The number of benzene rings is 2. The minimum absolute atomic E-state index is 0.141. The monoisotopic (exact) mass is 434 g/mol. The molecule has 0 bridgehead atoms. The van der Waals surface area contributed by atoms with Crippen molar-refractivity contribution in [3.63, 3.8) is 0 Å². The molecule has 2 aromatic carbocycles. The molecule has 7 nitrogen and oxygen atoms in total. The number of esters is 1. The molecule has 2 aromatic rings. The zero-order chi connectivity index (χ0) is 20.9. The highest BCUT2D eigenvalue weighted by Gasteiger charge is 2.27. The van der Waals surface area contributed by atoms with Crippen LogP contribution in [0, 0.1) is 0 Å². The molecule has 1 aliphatic rings. The van der Waals surface area contributed by atoms with E-state index in [4.69, 9.17) is 4.74 Å². The van der Waals surface area contributed by atoms with Gasteiger partial charge < -0.3 is 10.1 Å².